The molecular weight excluding hydrogens is 240 g/mol. The molecule has 0 unspecified atom stereocenters. The molecule has 0 bridgehead atoms. The first kappa shape index (κ1) is 13.8. The highest BCUT2D eigenvalue weighted by Crippen LogP contribution is 2.27. The van der Waals surface area contributed by atoms with Gasteiger partial charge in [-0.15, -0.1) is 0 Å². The number of phenols is 1. The predicted molar refractivity (Wildman–Crippen MR) is 68.3 cm³/mol. The van der Waals surface area contributed by atoms with Crippen molar-refractivity contribution >= 4 is 15.9 Å². The quantitative estimate of drug-likeness (QED) is 0.723. The molecule has 1 aromatic rings. The maximum Gasteiger partial charge on any atom is 0.299 e. The summed E-state index contributed by atoms with van der Waals surface area (Å²) in [4.78, 5) is 0. The molecule has 1 rings (SSSR count). The first-order valence-electron chi connectivity index (χ1n) is 5.21. The van der Waals surface area contributed by atoms with Crippen molar-refractivity contribution in [2.24, 2.45) is 0 Å². The van der Waals surface area contributed by atoms with Crippen LogP contribution in [0.4, 0.5) is 5.69 Å². The van der Waals surface area contributed by atoms with Gasteiger partial charge in [-0.25, -0.2) is 0 Å². The lowest BCUT2D eigenvalue weighted by molar-refractivity contribution is 0.472. The summed E-state index contributed by atoms with van der Waals surface area (Å²) in [6.07, 6.45) is 0. The third-order valence-corrected chi connectivity index (χ3v) is 3.29. The van der Waals surface area contributed by atoms with Gasteiger partial charge in [0.15, 0.2) is 0 Å². The number of nitrogens with one attached hydrogen (secondary N) is 2. The molecule has 0 saturated carbocycles. The van der Waals surface area contributed by atoms with Gasteiger partial charge >= 0.3 is 0 Å². The fourth-order valence-corrected chi connectivity index (χ4v) is 2.63. The SMILES string of the molecule is Cc1cccc(NS(=O)(=O)NC(C)(C)C)c1O. The third-order valence-electron chi connectivity index (χ3n) is 1.92. The fraction of sp³-hybridized carbons (Fsp3) is 0.455. The second kappa shape index (κ2) is 4.54. The number of hydrogen-bond acceptors (Lipinski definition) is 3. The average Bonchev–Trinajstić information content (AvgIpc) is 2.08. The minimum Gasteiger partial charge on any atom is -0.505 e. The van der Waals surface area contributed by atoms with Gasteiger partial charge in [0.05, 0.1) is 5.69 Å². The smallest absolute Gasteiger partial charge is 0.299 e. The Morgan fingerprint density at radius 1 is 1.24 bits per heavy atom. The molecule has 0 radical (unpaired) electrons. The van der Waals surface area contributed by atoms with Crippen molar-refractivity contribution in [3.8, 4) is 5.75 Å². The van der Waals surface area contributed by atoms with Crippen molar-refractivity contribution < 1.29 is 13.5 Å². The van der Waals surface area contributed by atoms with Crippen molar-refractivity contribution in [2.45, 2.75) is 33.2 Å². The third kappa shape index (κ3) is 4.24. The number of rotatable bonds is 3. The lowest BCUT2D eigenvalue weighted by Crippen LogP contribution is -2.43. The number of aromatic hydroxyl groups is 1. The Labute approximate surface area is 102 Å². The number of aryl methyl sites for hydroxylation is 1. The topological polar surface area (TPSA) is 78.4 Å². The van der Waals surface area contributed by atoms with E-state index in [0.29, 0.717) is 5.56 Å². The van der Waals surface area contributed by atoms with Crippen LogP contribution in [0.15, 0.2) is 18.2 Å². The second-order valence-electron chi connectivity index (χ2n) is 4.93. The van der Waals surface area contributed by atoms with Crippen LogP contribution in [0.25, 0.3) is 0 Å². The van der Waals surface area contributed by atoms with Crippen LogP contribution in [-0.4, -0.2) is 19.1 Å². The lowest BCUT2D eigenvalue weighted by Gasteiger charge is -2.21. The zero-order chi connectivity index (χ0) is 13.3. The summed E-state index contributed by atoms with van der Waals surface area (Å²) in [5.41, 5.74) is 0.202. The van der Waals surface area contributed by atoms with Crippen LogP contribution in [0, 0.1) is 6.92 Å². The van der Waals surface area contributed by atoms with Crippen molar-refractivity contribution in [3.63, 3.8) is 0 Å². The Kier molecular flexibility index (Phi) is 3.68. The zero-order valence-corrected chi connectivity index (χ0v) is 11.2. The molecule has 0 spiro atoms. The van der Waals surface area contributed by atoms with Gasteiger partial charge in [-0.05, 0) is 39.3 Å². The molecule has 96 valence electrons. The van der Waals surface area contributed by atoms with Gasteiger partial charge in [-0.2, -0.15) is 13.1 Å². The molecule has 6 heteroatoms. The highest BCUT2D eigenvalue weighted by atomic mass is 32.2. The molecule has 0 aliphatic carbocycles. The van der Waals surface area contributed by atoms with E-state index in [9.17, 15) is 13.5 Å². The molecule has 17 heavy (non-hydrogen) atoms. The fourth-order valence-electron chi connectivity index (χ4n) is 1.31. The monoisotopic (exact) mass is 258 g/mol. The normalized spacial score (nSPS) is 12.5. The number of benzene rings is 1. The van der Waals surface area contributed by atoms with Crippen LogP contribution in [0.5, 0.6) is 5.75 Å². The molecular formula is C11H18N2O3S. The van der Waals surface area contributed by atoms with E-state index < -0.39 is 15.7 Å². The second-order valence-corrected chi connectivity index (χ2v) is 6.34. The minimum absolute atomic E-state index is 0.0632. The maximum atomic E-state index is 11.7. The van der Waals surface area contributed by atoms with Crippen molar-refractivity contribution in [1.82, 2.24) is 4.72 Å². The zero-order valence-electron chi connectivity index (χ0n) is 10.4. The Bertz CT molecular complexity index is 504. The van der Waals surface area contributed by atoms with Gasteiger partial charge in [0.25, 0.3) is 10.2 Å². The van der Waals surface area contributed by atoms with Crippen molar-refractivity contribution in [3.05, 3.63) is 23.8 Å². The molecule has 5 nitrogen and oxygen atoms in total. The summed E-state index contributed by atoms with van der Waals surface area (Å²) in [7, 11) is -3.69. The highest BCUT2D eigenvalue weighted by Gasteiger charge is 2.20. The van der Waals surface area contributed by atoms with Crippen LogP contribution in [0.1, 0.15) is 26.3 Å². The van der Waals surface area contributed by atoms with Crippen molar-refractivity contribution in [1.29, 1.82) is 0 Å². The van der Waals surface area contributed by atoms with E-state index in [0.717, 1.165) is 0 Å². The number of para-hydroxylation sites is 1. The summed E-state index contributed by atoms with van der Waals surface area (Å²) in [5, 5.41) is 9.70. The van der Waals surface area contributed by atoms with Gasteiger partial charge in [0, 0.05) is 5.54 Å². The first-order valence-corrected chi connectivity index (χ1v) is 6.69. The Morgan fingerprint density at radius 3 is 2.35 bits per heavy atom. The summed E-state index contributed by atoms with van der Waals surface area (Å²) >= 11 is 0. The molecule has 1 aromatic carbocycles. The molecule has 0 fully saturated rings. The molecule has 0 atom stereocenters. The summed E-state index contributed by atoms with van der Waals surface area (Å²) in [6.45, 7) is 6.91. The average molecular weight is 258 g/mol. The van der Waals surface area contributed by atoms with Gasteiger partial charge in [0.2, 0.25) is 0 Å². The number of phenolic OH excluding ortho intramolecular Hbond substituents is 1. The van der Waals surface area contributed by atoms with Gasteiger partial charge < -0.3 is 5.11 Å². The number of hydrogen-bond donors (Lipinski definition) is 3. The maximum absolute atomic E-state index is 11.7. The molecule has 0 aromatic heterocycles. The van der Waals surface area contributed by atoms with Gasteiger partial charge in [0.1, 0.15) is 5.75 Å². The summed E-state index contributed by atoms with van der Waals surface area (Å²) in [6, 6.07) is 4.87. The van der Waals surface area contributed by atoms with E-state index >= 15 is 0 Å². The number of anilines is 1. The first-order chi connectivity index (χ1) is 7.61. The Morgan fingerprint density at radius 2 is 1.82 bits per heavy atom. The van der Waals surface area contributed by atoms with E-state index in [1.165, 1.54) is 6.07 Å². The molecule has 0 saturated heterocycles. The van der Waals surface area contributed by atoms with E-state index in [4.69, 9.17) is 0 Å². The largest absolute Gasteiger partial charge is 0.505 e. The molecule has 0 aliphatic heterocycles. The molecule has 0 heterocycles. The summed E-state index contributed by atoms with van der Waals surface area (Å²) < 4.78 is 28.2. The van der Waals surface area contributed by atoms with Gasteiger partial charge in [-0.1, -0.05) is 12.1 Å². The predicted octanol–water partition coefficient (Wildman–Crippen LogP) is 1.75. The Balaban J connectivity index is 2.95. The molecule has 0 amide bonds. The molecule has 0 aliphatic rings. The van der Waals surface area contributed by atoms with Crippen molar-refractivity contribution in [2.75, 3.05) is 4.72 Å². The standard InChI is InChI=1S/C11H18N2O3S/c1-8-6-5-7-9(10(8)14)12-17(15,16)13-11(2,3)4/h5-7,12-14H,1-4H3. The highest BCUT2D eigenvalue weighted by molar-refractivity contribution is 7.90. The van der Waals surface area contributed by atoms with Crippen LogP contribution in [0.2, 0.25) is 0 Å². The van der Waals surface area contributed by atoms with E-state index in [-0.39, 0.29) is 11.4 Å². The van der Waals surface area contributed by atoms with Crippen LogP contribution in [0.3, 0.4) is 0 Å². The van der Waals surface area contributed by atoms with E-state index in [1.54, 1.807) is 39.8 Å². The summed E-state index contributed by atoms with van der Waals surface area (Å²) in [5.74, 6) is -0.0632. The lowest BCUT2D eigenvalue weighted by atomic mass is 10.1. The minimum atomic E-state index is -3.69. The van der Waals surface area contributed by atoms with Crippen LogP contribution < -0.4 is 9.44 Å². The van der Waals surface area contributed by atoms with Crippen LogP contribution >= 0.6 is 0 Å². The Hall–Kier alpha value is -1.27. The molecule has 3 N–H and O–H groups in total. The van der Waals surface area contributed by atoms with Crippen LogP contribution in [-0.2, 0) is 10.2 Å². The van der Waals surface area contributed by atoms with E-state index in [2.05, 4.69) is 9.44 Å². The van der Waals surface area contributed by atoms with Gasteiger partial charge in [-0.3, -0.25) is 4.72 Å². The van der Waals surface area contributed by atoms with E-state index in [1.807, 2.05) is 0 Å².